The van der Waals surface area contributed by atoms with Crippen LogP contribution in [0.15, 0.2) is 0 Å². The normalized spacial score (nSPS) is 18.5. The van der Waals surface area contributed by atoms with E-state index in [1.54, 1.807) is 0 Å². The van der Waals surface area contributed by atoms with Crippen molar-refractivity contribution in [3.8, 4) is 0 Å². The van der Waals surface area contributed by atoms with Gasteiger partial charge in [-0.15, -0.1) is 0 Å². The summed E-state index contributed by atoms with van der Waals surface area (Å²) in [6, 6.07) is 0. The van der Waals surface area contributed by atoms with Gasteiger partial charge in [-0.1, -0.05) is 0 Å². The Bertz CT molecular complexity index is 321. The van der Waals surface area contributed by atoms with Gasteiger partial charge in [0.05, 0.1) is 12.2 Å². The smallest absolute Gasteiger partial charge is 0.304 e. The predicted molar refractivity (Wildman–Crippen MR) is 57.6 cm³/mol. The molecule has 0 aromatic rings. The van der Waals surface area contributed by atoms with Crippen molar-refractivity contribution in [3.05, 3.63) is 0 Å². The van der Waals surface area contributed by atoms with E-state index in [2.05, 4.69) is 4.72 Å². The van der Waals surface area contributed by atoms with Crippen LogP contribution >= 0.6 is 0 Å². The van der Waals surface area contributed by atoms with E-state index in [-0.39, 0.29) is 24.6 Å². The third kappa shape index (κ3) is 5.43. The van der Waals surface area contributed by atoms with Crippen LogP contribution < -0.4 is 4.72 Å². The summed E-state index contributed by atoms with van der Waals surface area (Å²) in [6.45, 7) is 1.17. The third-order valence-electron chi connectivity index (χ3n) is 2.46. The molecule has 94 valence electrons. The molecule has 1 fully saturated rings. The van der Waals surface area contributed by atoms with Crippen LogP contribution in [0.4, 0.5) is 0 Å². The molecule has 0 amide bonds. The Hall–Kier alpha value is -0.660. The fourth-order valence-corrected chi connectivity index (χ4v) is 3.08. The number of rotatable bonds is 6. The second kappa shape index (κ2) is 6.17. The van der Waals surface area contributed by atoms with Crippen LogP contribution in [0.25, 0.3) is 0 Å². The van der Waals surface area contributed by atoms with Gasteiger partial charge in [0.15, 0.2) is 0 Å². The molecule has 0 aromatic heterocycles. The molecule has 0 atom stereocenters. The van der Waals surface area contributed by atoms with Crippen molar-refractivity contribution in [2.45, 2.75) is 19.3 Å². The van der Waals surface area contributed by atoms with Gasteiger partial charge in [0.25, 0.3) is 0 Å². The largest absolute Gasteiger partial charge is 0.481 e. The van der Waals surface area contributed by atoms with Gasteiger partial charge in [-0.3, -0.25) is 4.79 Å². The fourth-order valence-electron chi connectivity index (χ4n) is 1.60. The highest BCUT2D eigenvalue weighted by Gasteiger charge is 2.21. The molecule has 1 aliphatic rings. The van der Waals surface area contributed by atoms with Crippen molar-refractivity contribution in [2.75, 3.05) is 25.5 Å². The number of hydrogen-bond donors (Lipinski definition) is 2. The molecule has 1 rings (SSSR count). The Morgan fingerprint density at radius 3 is 2.56 bits per heavy atom. The van der Waals surface area contributed by atoms with Gasteiger partial charge < -0.3 is 9.84 Å². The van der Waals surface area contributed by atoms with E-state index in [1.807, 2.05) is 0 Å². The standard InChI is InChI=1S/C9H17NO5S/c11-9(12)1-4-10-16(13,14)7-8-2-5-15-6-3-8/h8,10H,1-7H2,(H,11,12). The Labute approximate surface area is 95.0 Å². The van der Waals surface area contributed by atoms with Gasteiger partial charge in [0, 0.05) is 19.8 Å². The first-order chi connectivity index (χ1) is 7.49. The van der Waals surface area contributed by atoms with Crippen molar-refractivity contribution in [2.24, 2.45) is 5.92 Å². The zero-order valence-electron chi connectivity index (χ0n) is 9.02. The monoisotopic (exact) mass is 251 g/mol. The number of sulfonamides is 1. The topological polar surface area (TPSA) is 92.7 Å². The number of hydrogen-bond acceptors (Lipinski definition) is 4. The van der Waals surface area contributed by atoms with E-state index in [0.717, 1.165) is 12.8 Å². The first-order valence-electron chi connectivity index (χ1n) is 5.26. The second-order valence-corrected chi connectivity index (χ2v) is 5.73. The molecule has 1 heterocycles. The van der Waals surface area contributed by atoms with Gasteiger partial charge in [-0.2, -0.15) is 0 Å². The quantitative estimate of drug-likeness (QED) is 0.682. The number of nitrogens with one attached hydrogen (secondary N) is 1. The number of aliphatic carboxylic acids is 1. The van der Waals surface area contributed by atoms with Crippen LogP contribution in [0.5, 0.6) is 0 Å². The lowest BCUT2D eigenvalue weighted by atomic mass is 10.0. The first-order valence-corrected chi connectivity index (χ1v) is 6.92. The summed E-state index contributed by atoms with van der Waals surface area (Å²) in [4.78, 5) is 10.2. The van der Waals surface area contributed by atoms with Gasteiger partial charge in [0.2, 0.25) is 10.0 Å². The van der Waals surface area contributed by atoms with Gasteiger partial charge in [0.1, 0.15) is 0 Å². The lowest BCUT2D eigenvalue weighted by Gasteiger charge is -2.21. The summed E-state index contributed by atoms with van der Waals surface area (Å²) in [5, 5.41) is 8.38. The van der Waals surface area contributed by atoms with Crippen LogP contribution in [-0.4, -0.2) is 45.0 Å². The summed E-state index contributed by atoms with van der Waals surface area (Å²) < 4.78 is 30.5. The molecule has 1 aliphatic heterocycles. The number of ether oxygens (including phenoxy) is 1. The van der Waals surface area contributed by atoms with Crippen LogP contribution in [0.2, 0.25) is 0 Å². The van der Waals surface area contributed by atoms with Crippen molar-refractivity contribution in [1.29, 1.82) is 0 Å². The molecule has 7 heteroatoms. The van der Waals surface area contributed by atoms with Gasteiger partial charge in [-0.05, 0) is 18.8 Å². The van der Waals surface area contributed by atoms with Crippen LogP contribution in [0.1, 0.15) is 19.3 Å². The molecule has 0 radical (unpaired) electrons. The molecule has 0 aliphatic carbocycles. The minimum Gasteiger partial charge on any atom is -0.481 e. The molecule has 0 spiro atoms. The molecule has 0 aromatic carbocycles. The minimum absolute atomic E-state index is 0.0408. The molecule has 1 saturated heterocycles. The molecule has 0 unspecified atom stereocenters. The molecular weight excluding hydrogens is 234 g/mol. The maximum Gasteiger partial charge on any atom is 0.304 e. The summed E-state index contributed by atoms with van der Waals surface area (Å²) >= 11 is 0. The maximum atomic E-state index is 11.5. The Morgan fingerprint density at radius 2 is 2.00 bits per heavy atom. The fraction of sp³-hybridized carbons (Fsp3) is 0.889. The highest BCUT2D eigenvalue weighted by molar-refractivity contribution is 7.89. The average Bonchev–Trinajstić information content (AvgIpc) is 2.17. The summed E-state index contributed by atoms with van der Waals surface area (Å²) in [6.07, 6.45) is 1.31. The second-order valence-electron chi connectivity index (χ2n) is 3.88. The molecule has 16 heavy (non-hydrogen) atoms. The van der Waals surface area contributed by atoms with Crippen molar-refractivity contribution in [1.82, 2.24) is 4.72 Å². The third-order valence-corrected chi connectivity index (χ3v) is 4.01. The summed E-state index contributed by atoms with van der Waals surface area (Å²) in [5.41, 5.74) is 0. The average molecular weight is 251 g/mol. The molecular formula is C9H17NO5S. The molecule has 6 nitrogen and oxygen atoms in total. The Morgan fingerprint density at radius 1 is 1.38 bits per heavy atom. The van der Waals surface area contributed by atoms with Crippen LogP contribution in [-0.2, 0) is 19.6 Å². The number of carboxylic acid groups (broad SMARTS) is 1. The number of carbonyl (C=O) groups is 1. The maximum absolute atomic E-state index is 11.5. The van der Waals surface area contributed by atoms with E-state index in [1.165, 1.54) is 0 Å². The van der Waals surface area contributed by atoms with Crippen LogP contribution in [0.3, 0.4) is 0 Å². The molecule has 2 N–H and O–H groups in total. The van der Waals surface area contributed by atoms with Gasteiger partial charge in [-0.25, -0.2) is 13.1 Å². The van der Waals surface area contributed by atoms with E-state index >= 15 is 0 Å². The number of carboxylic acids is 1. The van der Waals surface area contributed by atoms with E-state index < -0.39 is 16.0 Å². The van der Waals surface area contributed by atoms with Crippen molar-refractivity contribution in [3.63, 3.8) is 0 Å². The lowest BCUT2D eigenvalue weighted by molar-refractivity contribution is -0.136. The zero-order valence-corrected chi connectivity index (χ0v) is 9.83. The first kappa shape index (κ1) is 13.4. The predicted octanol–water partition coefficient (Wildman–Crippen LogP) is -0.193. The molecule has 0 saturated carbocycles. The highest BCUT2D eigenvalue weighted by atomic mass is 32.2. The Kier molecular flexibility index (Phi) is 5.17. The zero-order chi connectivity index (χ0) is 12.0. The van der Waals surface area contributed by atoms with E-state index in [9.17, 15) is 13.2 Å². The van der Waals surface area contributed by atoms with Crippen LogP contribution in [0, 0.1) is 5.92 Å². The van der Waals surface area contributed by atoms with Crippen molar-refractivity contribution < 1.29 is 23.1 Å². The van der Waals surface area contributed by atoms with Crippen molar-refractivity contribution >= 4 is 16.0 Å². The van der Waals surface area contributed by atoms with E-state index in [0.29, 0.717) is 13.2 Å². The SMILES string of the molecule is O=C(O)CCNS(=O)(=O)CC1CCOCC1. The van der Waals surface area contributed by atoms with E-state index in [4.69, 9.17) is 9.84 Å². The Balaban J connectivity index is 2.29. The highest BCUT2D eigenvalue weighted by Crippen LogP contribution is 2.16. The summed E-state index contributed by atoms with van der Waals surface area (Å²) in [7, 11) is -3.35. The summed E-state index contributed by atoms with van der Waals surface area (Å²) in [5.74, 6) is -0.819. The minimum atomic E-state index is -3.35. The van der Waals surface area contributed by atoms with Gasteiger partial charge >= 0.3 is 5.97 Å². The molecule has 0 bridgehead atoms. The lowest BCUT2D eigenvalue weighted by Crippen LogP contribution is -2.33.